The lowest BCUT2D eigenvalue weighted by atomic mass is 10.00. The minimum atomic E-state index is 0.310. The molecule has 1 atom stereocenters. The molecule has 0 aliphatic carbocycles. The summed E-state index contributed by atoms with van der Waals surface area (Å²) in [4.78, 5) is 0. The number of benzene rings is 1. The third-order valence-corrected chi connectivity index (χ3v) is 2.22. The second-order valence-corrected chi connectivity index (χ2v) is 3.04. The molecule has 1 rings (SSSR count). The van der Waals surface area contributed by atoms with E-state index >= 15 is 0 Å². The summed E-state index contributed by atoms with van der Waals surface area (Å²) in [6.45, 7) is 2.09. The van der Waals surface area contributed by atoms with Crippen LogP contribution in [-0.4, -0.2) is 7.05 Å². The number of nitriles is 1. The van der Waals surface area contributed by atoms with Crippen molar-refractivity contribution in [2.75, 3.05) is 7.05 Å². The lowest BCUT2D eigenvalue weighted by Crippen LogP contribution is -2.14. The van der Waals surface area contributed by atoms with Crippen molar-refractivity contribution in [3.63, 3.8) is 0 Å². The number of nitrogens with zero attached hydrogens (tertiary/aromatic N) is 1. The first-order chi connectivity index (χ1) is 6.29. The molecule has 0 fully saturated rings. The van der Waals surface area contributed by atoms with Crippen molar-refractivity contribution in [2.24, 2.45) is 0 Å². The van der Waals surface area contributed by atoms with E-state index in [4.69, 9.17) is 5.26 Å². The smallest absolute Gasteiger partial charge is 0.0669 e. The van der Waals surface area contributed by atoms with Crippen molar-refractivity contribution in [2.45, 2.75) is 19.4 Å². The minimum Gasteiger partial charge on any atom is -0.313 e. The van der Waals surface area contributed by atoms with Crippen LogP contribution in [0.25, 0.3) is 0 Å². The van der Waals surface area contributed by atoms with Crippen molar-refractivity contribution < 1.29 is 0 Å². The van der Waals surface area contributed by atoms with Gasteiger partial charge in [-0.1, -0.05) is 24.3 Å². The number of hydrogen-bond acceptors (Lipinski definition) is 2. The quantitative estimate of drug-likeness (QED) is 0.761. The van der Waals surface area contributed by atoms with Gasteiger partial charge in [0, 0.05) is 6.04 Å². The predicted octanol–water partition coefficient (Wildman–Crippen LogP) is 2.03. The molecule has 0 amide bonds. The summed E-state index contributed by atoms with van der Waals surface area (Å²) in [6.07, 6.45) is 0.488. The zero-order chi connectivity index (χ0) is 9.68. The first-order valence-electron chi connectivity index (χ1n) is 4.41. The Morgan fingerprint density at radius 2 is 2.15 bits per heavy atom. The third-order valence-electron chi connectivity index (χ3n) is 2.22. The molecule has 1 N–H and O–H groups in total. The molecule has 0 aliphatic rings. The Morgan fingerprint density at radius 1 is 1.46 bits per heavy atom. The first-order valence-corrected chi connectivity index (χ1v) is 4.41. The fraction of sp³-hybridized carbons (Fsp3) is 0.364. The summed E-state index contributed by atoms with van der Waals surface area (Å²) >= 11 is 0. The molecule has 1 aromatic carbocycles. The molecule has 2 heteroatoms. The molecule has 0 saturated heterocycles. The van der Waals surface area contributed by atoms with Crippen molar-refractivity contribution in [1.29, 1.82) is 5.26 Å². The van der Waals surface area contributed by atoms with Crippen molar-refractivity contribution in [1.82, 2.24) is 5.32 Å². The summed E-state index contributed by atoms with van der Waals surface area (Å²) < 4.78 is 0. The van der Waals surface area contributed by atoms with E-state index in [-0.39, 0.29) is 0 Å². The van der Waals surface area contributed by atoms with Gasteiger partial charge in [0.2, 0.25) is 0 Å². The maximum absolute atomic E-state index is 8.63. The fourth-order valence-electron chi connectivity index (χ4n) is 1.36. The van der Waals surface area contributed by atoms with Crippen molar-refractivity contribution >= 4 is 0 Å². The second kappa shape index (κ2) is 4.64. The van der Waals surface area contributed by atoms with Crippen LogP contribution in [0.2, 0.25) is 0 Å². The summed E-state index contributed by atoms with van der Waals surface area (Å²) in [5.74, 6) is 0. The van der Waals surface area contributed by atoms with Gasteiger partial charge in [-0.3, -0.25) is 0 Å². The van der Waals surface area contributed by atoms with E-state index in [1.54, 1.807) is 0 Å². The van der Waals surface area contributed by atoms with Crippen LogP contribution in [0.1, 0.15) is 24.1 Å². The Kier molecular flexibility index (Phi) is 3.48. The van der Waals surface area contributed by atoms with E-state index in [1.165, 1.54) is 5.56 Å². The van der Waals surface area contributed by atoms with E-state index in [2.05, 4.69) is 24.4 Å². The summed E-state index contributed by atoms with van der Waals surface area (Å²) in [6, 6.07) is 10.5. The van der Waals surface area contributed by atoms with E-state index < -0.39 is 0 Å². The SMILES string of the molecule is CN[C@H](C)c1ccccc1CC#N. The molecule has 0 heterocycles. The Morgan fingerprint density at radius 3 is 2.77 bits per heavy atom. The summed E-state index contributed by atoms with van der Waals surface area (Å²) in [5, 5.41) is 11.8. The largest absolute Gasteiger partial charge is 0.313 e. The third kappa shape index (κ3) is 2.30. The van der Waals surface area contributed by atoms with Crippen LogP contribution in [0.4, 0.5) is 0 Å². The highest BCUT2D eigenvalue weighted by molar-refractivity contribution is 5.31. The van der Waals surface area contributed by atoms with Crippen molar-refractivity contribution in [3.8, 4) is 6.07 Å². The molecule has 0 unspecified atom stereocenters. The predicted molar refractivity (Wildman–Crippen MR) is 53.2 cm³/mol. The average Bonchev–Trinajstić information content (AvgIpc) is 2.18. The standard InChI is InChI=1S/C11H14N2/c1-9(13-2)11-6-4-3-5-10(11)7-8-12/h3-6,9,13H,7H2,1-2H3/t9-/m1/s1. The van der Waals surface area contributed by atoms with Crippen molar-refractivity contribution in [3.05, 3.63) is 35.4 Å². The Bertz CT molecular complexity index is 312. The molecule has 0 spiro atoms. The normalized spacial score (nSPS) is 12.1. The van der Waals surface area contributed by atoms with Gasteiger partial charge in [0.15, 0.2) is 0 Å². The highest BCUT2D eigenvalue weighted by Crippen LogP contribution is 2.17. The molecule has 1 aromatic rings. The Labute approximate surface area is 79.2 Å². The highest BCUT2D eigenvalue weighted by Gasteiger charge is 2.06. The number of hydrogen-bond donors (Lipinski definition) is 1. The van der Waals surface area contributed by atoms with Crippen LogP contribution in [-0.2, 0) is 6.42 Å². The molecule has 0 bridgehead atoms. The van der Waals surface area contributed by atoms with Gasteiger partial charge in [0.05, 0.1) is 12.5 Å². The molecule has 0 saturated carbocycles. The number of nitrogens with one attached hydrogen (secondary N) is 1. The fourth-order valence-corrected chi connectivity index (χ4v) is 1.36. The zero-order valence-electron chi connectivity index (χ0n) is 8.04. The maximum atomic E-state index is 8.63. The van der Waals surface area contributed by atoms with Crippen LogP contribution in [0.5, 0.6) is 0 Å². The van der Waals surface area contributed by atoms with E-state index in [1.807, 2.05) is 25.2 Å². The molecule has 0 aromatic heterocycles. The van der Waals surface area contributed by atoms with Crippen LogP contribution >= 0.6 is 0 Å². The van der Waals surface area contributed by atoms with Crippen LogP contribution < -0.4 is 5.32 Å². The molecule has 13 heavy (non-hydrogen) atoms. The van der Waals surface area contributed by atoms with Gasteiger partial charge in [-0.15, -0.1) is 0 Å². The molecule has 0 radical (unpaired) electrons. The average molecular weight is 174 g/mol. The Hall–Kier alpha value is -1.33. The molecular weight excluding hydrogens is 160 g/mol. The zero-order valence-corrected chi connectivity index (χ0v) is 8.04. The van der Waals surface area contributed by atoms with Gasteiger partial charge in [-0.25, -0.2) is 0 Å². The van der Waals surface area contributed by atoms with E-state index in [0.717, 1.165) is 5.56 Å². The molecule has 68 valence electrons. The maximum Gasteiger partial charge on any atom is 0.0669 e. The lowest BCUT2D eigenvalue weighted by Gasteiger charge is -2.13. The highest BCUT2D eigenvalue weighted by atomic mass is 14.9. The topological polar surface area (TPSA) is 35.8 Å². The minimum absolute atomic E-state index is 0.310. The molecule has 2 nitrogen and oxygen atoms in total. The number of rotatable bonds is 3. The molecular formula is C11H14N2. The van der Waals surface area contributed by atoms with Crippen LogP contribution in [0.15, 0.2) is 24.3 Å². The summed E-state index contributed by atoms with van der Waals surface area (Å²) in [7, 11) is 1.92. The van der Waals surface area contributed by atoms with E-state index in [9.17, 15) is 0 Å². The van der Waals surface area contributed by atoms with Crippen LogP contribution in [0, 0.1) is 11.3 Å². The van der Waals surface area contributed by atoms with Crippen LogP contribution in [0.3, 0.4) is 0 Å². The van der Waals surface area contributed by atoms with Gasteiger partial charge in [0.1, 0.15) is 0 Å². The van der Waals surface area contributed by atoms with Gasteiger partial charge in [-0.2, -0.15) is 5.26 Å². The monoisotopic (exact) mass is 174 g/mol. The second-order valence-electron chi connectivity index (χ2n) is 3.04. The van der Waals surface area contributed by atoms with Gasteiger partial charge in [0.25, 0.3) is 0 Å². The molecule has 0 aliphatic heterocycles. The van der Waals surface area contributed by atoms with Gasteiger partial charge < -0.3 is 5.32 Å². The first kappa shape index (κ1) is 9.76. The summed E-state index contributed by atoms with van der Waals surface area (Å²) in [5.41, 5.74) is 2.33. The van der Waals surface area contributed by atoms with E-state index in [0.29, 0.717) is 12.5 Å². The van der Waals surface area contributed by atoms with Gasteiger partial charge in [-0.05, 0) is 25.1 Å². The van der Waals surface area contributed by atoms with Gasteiger partial charge >= 0.3 is 0 Å². The Balaban J connectivity index is 2.98. The lowest BCUT2D eigenvalue weighted by molar-refractivity contribution is 0.647.